The Kier molecular flexibility index (Phi) is 0.984. The molecule has 0 N–H and O–H groups in total. The average molecular weight is 152 g/mol. The lowest BCUT2D eigenvalue weighted by Gasteiger charge is -2.33. The molecular weight excluding hydrogens is 140 g/mol. The van der Waals surface area contributed by atoms with E-state index in [-0.39, 0.29) is 5.97 Å². The normalized spacial score (nSPS) is 52.9. The van der Waals surface area contributed by atoms with Crippen LogP contribution in [0.4, 0.5) is 0 Å². The molecule has 1 heterocycles. The van der Waals surface area contributed by atoms with Crippen LogP contribution in [0.25, 0.3) is 0 Å². The van der Waals surface area contributed by atoms with Gasteiger partial charge in [-0.05, 0) is 37.0 Å². The fraction of sp³-hybridized carbons (Fsp3) is 0.889. The van der Waals surface area contributed by atoms with Gasteiger partial charge in [0.2, 0.25) is 0 Å². The van der Waals surface area contributed by atoms with Gasteiger partial charge in [0, 0.05) is 6.42 Å². The van der Waals surface area contributed by atoms with Gasteiger partial charge in [0.25, 0.3) is 0 Å². The topological polar surface area (TPSA) is 26.3 Å². The van der Waals surface area contributed by atoms with E-state index < -0.39 is 0 Å². The molecule has 2 bridgehead atoms. The van der Waals surface area contributed by atoms with Crippen LogP contribution in [0.5, 0.6) is 0 Å². The Morgan fingerprint density at radius 2 is 2.18 bits per heavy atom. The highest BCUT2D eigenvalue weighted by Gasteiger charge is 2.51. The highest BCUT2D eigenvalue weighted by atomic mass is 16.5. The van der Waals surface area contributed by atoms with Crippen LogP contribution >= 0.6 is 0 Å². The maximum Gasteiger partial charge on any atom is 0.306 e. The second-order valence-electron chi connectivity index (χ2n) is 4.23. The van der Waals surface area contributed by atoms with Crippen molar-refractivity contribution in [2.75, 3.05) is 0 Å². The molecule has 1 aliphatic heterocycles. The predicted molar refractivity (Wildman–Crippen MR) is 38.8 cm³/mol. The van der Waals surface area contributed by atoms with Gasteiger partial charge >= 0.3 is 5.97 Å². The molecule has 4 atom stereocenters. The minimum absolute atomic E-state index is 0.0524. The van der Waals surface area contributed by atoms with Crippen molar-refractivity contribution in [2.45, 2.75) is 31.8 Å². The van der Waals surface area contributed by atoms with E-state index in [0.717, 1.165) is 18.3 Å². The maximum absolute atomic E-state index is 11.0. The first-order chi connectivity index (χ1) is 5.33. The van der Waals surface area contributed by atoms with Crippen LogP contribution in [-0.4, -0.2) is 12.1 Å². The highest BCUT2D eigenvalue weighted by molar-refractivity contribution is 5.71. The molecule has 3 aliphatic rings. The molecule has 60 valence electrons. The molecule has 0 aromatic carbocycles. The molecule has 0 unspecified atom stereocenters. The summed E-state index contributed by atoms with van der Waals surface area (Å²) in [5, 5.41) is 0. The molecule has 0 amide bonds. The summed E-state index contributed by atoms with van der Waals surface area (Å²) in [6, 6.07) is 0. The Balaban J connectivity index is 1.92. The largest absolute Gasteiger partial charge is 0.462 e. The van der Waals surface area contributed by atoms with Crippen molar-refractivity contribution in [1.29, 1.82) is 0 Å². The first-order valence-electron chi connectivity index (χ1n) is 4.52. The minimum Gasteiger partial charge on any atom is -0.462 e. The van der Waals surface area contributed by atoms with E-state index in [2.05, 4.69) is 0 Å². The average Bonchev–Trinajstić information content (AvgIpc) is 2.41. The summed E-state index contributed by atoms with van der Waals surface area (Å²) in [7, 11) is 0. The van der Waals surface area contributed by atoms with Crippen LogP contribution < -0.4 is 0 Å². The summed E-state index contributed by atoms with van der Waals surface area (Å²) >= 11 is 0. The number of ether oxygens (including phenoxy) is 1. The highest BCUT2D eigenvalue weighted by Crippen LogP contribution is 2.53. The third kappa shape index (κ3) is 0.700. The van der Waals surface area contributed by atoms with Gasteiger partial charge in [-0.3, -0.25) is 4.79 Å². The Labute approximate surface area is 65.9 Å². The van der Waals surface area contributed by atoms with Gasteiger partial charge in [0.05, 0.1) is 0 Å². The van der Waals surface area contributed by atoms with Gasteiger partial charge in [-0.2, -0.15) is 0 Å². The van der Waals surface area contributed by atoms with Crippen LogP contribution in [-0.2, 0) is 9.53 Å². The van der Waals surface area contributed by atoms with E-state index in [0.29, 0.717) is 18.4 Å². The number of fused-ring (bicyclic) bond motifs is 1. The summed E-state index contributed by atoms with van der Waals surface area (Å²) < 4.78 is 5.27. The molecule has 11 heavy (non-hydrogen) atoms. The second kappa shape index (κ2) is 1.79. The lowest BCUT2D eigenvalue weighted by atomic mass is 9.82. The fourth-order valence-corrected chi connectivity index (χ4v) is 3.23. The summed E-state index contributed by atoms with van der Waals surface area (Å²) in [5.74, 6) is 2.39. The number of esters is 1. The van der Waals surface area contributed by atoms with Crippen molar-refractivity contribution in [3.05, 3.63) is 0 Å². The Bertz CT molecular complexity index is 194. The zero-order chi connectivity index (χ0) is 7.42. The lowest BCUT2D eigenvalue weighted by Crippen LogP contribution is -2.36. The standard InChI is InChI=1S/C9H12O2/c10-9-4-6-1-5-2-7(6)8(3-5)11-9/h5-8H,1-4H2/t5-,6+,7+,8-/m1/s1. The smallest absolute Gasteiger partial charge is 0.306 e. The Morgan fingerprint density at radius 1 is 1.27 bits per heavy atom. The molecule has 2 saturated carbocycles. The monoisotopic (exact) mass is 152 g/mol. The molecule has 3 rings (SSSR count). The molecule has 3 fully saturated rings. The van der Waals surface area contributed by atoms with E-state index >= 15 is 0 Å². The van der Waals surface area contributed by atoms with Gasteiger partial charge in [-0.15, -0.1) is 0 Å². The molecule has 1 saturated heterocycles. The summed E-state index contributed by atoms with van der Waals surface area (Å²) in [6.07, 6.45) is 4.82. The van der Waals surface area contributed by atoms with E-state index in [1.165, 1.54) is 12.8 Å². The molecule has 2 aliphatic carbocycles. The molecule has 0 aromatic heterocycles. The summed E-state index contributed by atoms with van der Waals surface area (Å²) in [4.78, 5) is 11.0. The van der Waals surface area contributed by atoms with Crippen LogP contribution in [0, 0.1) is 17.8 Å². The number of hydrogen-bond donors (Lipinski definition) is 0. The minimum atomic E-state index is 0.0524. The van der Waals surface area contributed by atoms with Gasteiger partial charge in [-0.1, -0.05) is 0 Å². The van der Waals surface area contributed by atoms with Crippen LogP contribution in [0.15, 0.2) is 0 Å². The zero-order valence-corrected chi connectivity index (χ0v) is 6.45. The Hall–Kier alpha value is -0.530. The van der Waals surface area contributed by atoms with Crippen molar-refractivity contribution in [2.24, 2.45) is 17.8 Å². The number of hydrogen-bond acceptors (Lipinski definition) is 2. The van der Waals surface area contributed by atoms with E-state index in [1.54, 1.807) is 0 Å². The van der Waals surface area contributed by atoms with Gasteiger partial charge in [-0.25, -0.2) is 0 Å². The maximum atomic E-state index is 11.0. The first-order valence-corrected chi connectivity index (χ1v) is 4.52. The third-order valence-corrected chi connectivity index (χ3v) is 3.60. The van der Waals surface area contributed by atoms with Gasteiger partial charge in [0.15, 0.2) is 0 Å². The zero-order valence-electron chi connectivity index (χ0n) is 6.45. The van der Waals surface area contributed by atoms with Crippen molar-refractivity contribution < 1.29 is 9.53 Å². The molecule has 2 heteroatoms. The van der Waals surface area contributed by atoms with E-state index in [9.17, 15) is 4.79 Å². The van der Waals surface area contributed by atoms with Crippen molar-refractivity contribution in [1.82, 2.24) is 0 Å². The van der Waals surface area contributed by atoms with Crippen molar-refractivity contribution >= 4 is 5.97 Å². The van der Waals surface area contributed by atoms with Crippen LogP contribution in [0.1, 0.15) is 25.7 Å². The van der Waals surface area contributed by atoms with Crippen molar-refractivity contribution in [3.63, 3.8) is 0 Å². The van der Waals surface area contributed by atoms with Gasteiger partial charge in [0.1, 0.15) is 6.10 Å². The van der Waals surface area contributed by atoms with Gasteiger partial charge < -0.3 is 4.74 Å². The Morgan fingerprint density at radius 3 is 2.91 bits per heavy atom. The lowest BCUT2D eigenvalue weighted by molar-refractivity contribution is -0.162. The first kappa shape index (κ1) is 6.04. The van der Waals surface area contributed by atoms with E-state index in [4.69, 9.17) is 4.74 Å². The quantitative estimate of drug-likeness (QED) is 0.490. The second-order valence-corrected chi connectivity index (χ2v) is 4.23. The molecule has 2 nitrogen and oxygen atoms in total. The number of rotatable bonds is 0. The van der Waals surface area contributed by atoms with Crippen molar-refractivity contribution in [3.8, 4) is 0 Å². The molecular formula is C9H12O2. The summed E-state index contributed by atoms with van der Waals surface area (Å²) in [5.41, 5.74) is 0. The van der Waals surface area contributed by atoms with Crippen LogP contribution in [0.2, 0.25) is 0 Å². The fourth-order valence-electron chi connectivity index (χ4n) is 3.23. The molecule has 0 spiro atoms. The molecule has 0 radical (unpaired) electrons. The predicted octanol–water partition coefficient (Wildman–Crippen LogP) is 1.35. The van der Waals surface area contributed by atoms with E-state index in [1.807, 2.05) is 0 Å². The number of carbonyl (C=O) groups excluding carboxylic acids is 1. The summed E-state index contributed by atoms with van der Waals surface area (Å²) in [6.45, 7) is 0. The SMILES string of the molecule is O=C1C[C@@H]2C[C@@H]3C[C@@H]2[C@@H](C3)O1. The third-order valence-electron chi connectivity index (χ3n) is 3.60. The van der Waals surface area contributed by atoms with Crippen LogP contribution in [0.3, 0.4) is 0 Å². The number of carbonyl (C=O) groups is 1. The molecule has 0 aromatic rings.